The Morgan fingerprint density at radius 3 is 2.39 bits per heavy atom. The van der Waals surface area contributed by atoms with Crippen molar-refractivity contribution in [3.8, 4) is 0 Å². The molecule has 1 N–H and O–H groups in total. The average Bonchev–Trinajstić information content (AvgIpc) is 2.86. The smallest absolute Gasteiger partial charge is 0.309 e. The van der Waals surface area contributed by atoms with E-state index in [2.05, 4.69) is 24.3 Å². The monoisotopic (exact) mass is 246 g/mol. The minimum absolute atomic E-state index is 0.392. The Morgan fingerprint density at radius 1 is 1.11 bits per heavy atom. The van der Waals surface area contributed by atoms with Crippen molar-refractivity contribution < 1.29 is 9.90 Å². The fourth-order valence-corrected chi connectivity index (χ4v) is 3.06. The van der Waals surface area contributed by atoms with Crippen molar-refractivity contribution in [2.24, 2.45) is 5.41 Å². The highest BCUT2D eigenvalue weighted by atomic mass is 16.4. The number of hydrogen-bond acceptors (Lipinski definition) is 1. The second-order valence-electron chi connectivity index (χ2n) is 5.49. The fraction of sp³-hybridized carbons (Fsp3) is 0.562. The highest BCUT2D eigenvalue weighted by Gasteiger charge is 2.40. The minimum atomic E-state index is -0.570. The van der Waals surface area contributed by atoms with E-state index >= 15 is 0 Å². The molecule has 0 aliphatic heterocycles. The number of unbranched alkanes of at least 4 members (excludes halogenated alkanes) is 1. The molecule has 2 nitrogen and oxygen atoms in total. The first-order valence-corrected chi connectivity index (χ1v) is 7.00. The maximum absolute atomic E-state index is 11.4. The summed E-state index contributed by atoms with van der Waals surface area (Å²) in [6.45, 7) is 0. The molecule has 98 valence electrons. The number of benzene rings is 1. The Hall–Kier alpha value is -1.31. The van der Waals surface area contributed by atoms with Gasteiger partial charge in [0.1, 0.15) is 0 Å². The van der Waals surface area contributed by atoms with Crippen LogP contribution in [0.1, 0.15) is 50.5 Å². The molecule has 1 saturated carbocycles. The maximum atomic E-state index is 11.4. The summed E-state index contributed by atoms with van der Waals surface area (Å²) in [5.74, 6) is -0.570. The second-order valence-corrected chi connectivity index (χ2v) is 5.49. The van der Waals surface area contributed by atoms with Gasteiger partial charge in [-0.1, -0.05) is 49.6 Å². The molecule has 2 heteroatoms. The Bertz CT molecular complexity index is 377. The molecule has 1 aliphatic carbocycles. The predicted octanol–water partition coefficient (Wildman–Crippen LogP) is 4.04. The summed E-state index contributed by atoms with van der Waals surface area (Å²) in [5.41, 5.74) is 0.963. The lowest BCUT2D eigenvalue weighted by atomic mass is 9.81. The fourth-order valence-electron chi connectivity index (χ4n) is 3.06. The molecule has 0 spiro atoms. The third-order valence-corrected chi connectivity index (χ3v) is 4.23. The van der Waals surface area contributed by atoms with Crippen LogP contribution >= 0.6 is 0 Å². The standard InChI is InChI=1S/C16H22O2/c17-15(18)16(12-6-7-13-16)11-5-4-10-14-8-2-1-3-9-14/h1-3,8-9H,4-7,10-13H2,(H,17,18). The van der Waals surface area contributed by atoms with Gasteiger partial charge in [-0.05, 0) is 37.7 Å². The van der Waals surface area contributed by atoms with Gasteiger partial charge in [-0.2, -0.15) is 0 Å². The van der Waals surface area contributed by atoms with Crippen molar-refractivity contribution in [2.45, 2.75) is 51.4 Å². The molecule has 0 unspecified atom stereocenters. The molecule has 0 bridgehead atoms. The Kier molecular flexibility index (Phi) is 4.40. The molecule has 0 amide bonds. The van der Waals surface area contributed by atoms with Crippen molar-refractivity contribution >= 4 is 5.97 Å². The van der Waals surface area contributed by atoms with Crippen molar-refractivity contribution in [3.05, 3.63) is 35.9 Å². The van der Waals surface area contributed by atoms with Crippen LogP contribution in [-0.4, -0.2) is 11.1 Å². The van der Waals surface area contributed by atoms with Gasteiger partial charge in [0, 0.05) is 0 Å². The first kappa shape index (κ1) is 13.1. The topological polar surface area (TPSA) is 37.3 Å². The summed E-state index contributed by atoms with van der Waals surface area (Å²) in [6.07, 6.45) is 7.99. The van der Waals surface area contributed by atoms with Gasteiger partial charge in [-0.3, -0.25) is 4.79 Å². The summed E-state index contributed by atoms with van der Waals surface area (Å²) in [6, 6.07) is 10.4. The van der Waals surface area contributed by atoms with E-state index in [9.17, 15) is 9.90 Å². The molecular formula is C16H22O2. The van der Waals surface area contributed by atoms with E-state index in [-0.39, 0.29) is 0 Å². The van der Waals surface area contributed by atoms with Crippen molar-refractivity contribution in [3.63, 3.8) is 0 Å². The molecule has 0 heterocycles. The second kappa shape index (κ2) is 6.03. The zero-order valence-corrected chi connectivity index (χ0v) is 10.9. The van der Waals surface area contributed by atoms with Crippen LogP contribution in [0.3, 0.4) is 0 Å². The SMILES string of the molecule is O=C(O)C1(CCCCc2ccccc2)CCCC1. The van der Waals surface area contributed by atoms with Crippen LogP contribution < -0.4 is 0 Å². The predicted molar refractivity (Wildman–Crippen MR) is 72.5 cm³/mol. The number of hydrogen-bond donors (Lipinski definition) is 1. The molecule has 1 aliphatic rings. The first-order chi connectivity index (χ1) is 8.73. The van der Waals surface area contributed by atoms with Crippen LogP contribution in [-0.2, 0) is 11.2 Å². The highest BCUT2D eigenvalue weighted by Crippen LogP contribution is 2.42. The number of carboxylic acid groups (broad SMARTS) is 1. The molecule has 1 aromatic carbocycles. The van der Waals surface area contributed by atoms with Crippen LogP contribution in [0.5, 0.6) is 0 Å². The van der Waals surface area contributed by atoms with E-state index in [4.69, 9.17) is 0 Å². The van der Waals surface area contributed by atoms with Gasteiger partial charge in [0.2, 0.25) is 0 Å². The van der Waals surface area contributed by atoms with E-state index in [1.54, 1.807) is 0 Å². The van der Waals surface area contributed by atoms with E-state index in [1.807, 2.05) is 6.07 Å². The quantitative estimate of drug-likeness (QED) is 0.769. The Balaban J connectivity index is 1.76. The van der Waals surface area contributed by atoms with Gasteiger partial charge < -0.3 is 5.11 Å². The third kappa shape index (κ3) is 3.12. The van der Waals surface area contributed by atoms with E-state index in [0.717, 1.165) is 51.4 Å². The lowest BCUT2D eigenvalue weighted by Gasteiger charge is -2.23. The molecule has 1 fully saturated rings. The number of carboxylic acids is 1. The normalized spacial score (nSPS) is 17.8. The van der Waals surface area contributed by atoms with Crippen LogP contribution in [0.2, 0.25) is 0 Å². The van der Waals surface area contributed by atoms with Gasteiger partial charge in [0.15, 0.2) is 0 Å². The van der Waals surface area contributed by atoms with Gasteiger partial charge in [-0.15, -0.1) is 0 Å². The molecule has 0 radical (unpaired) electrons. The lowest BCUT2D eigenvalue weighted by molar-refractivity contribution is -0.149. The molecule has 0 aromatic heterocycles. The molecular weight excluding hydrogens is 224 g/mol. The number of aliphatic carboxylic acids is 1. The van der Waals surface area contributed by atoms with E-state index in [0.29, 0.717) is 0 Å². The Labute approximate surface area is 109 Å². The molecule has 18 heavy (non-hydrogen) atoms. The van der Waals surface area contributed by atoms with Gasteiger partial charge in [0.25, 0.3) is 0 Å². The van der Waals surface area contributed by atoms with Gasteiger partial charge in [-0.25, -0.2) is 0 Å². The molecule has 0 atom stereocenters. The molecule has 0 saturated heterocycles. The first-order valence-electron chi connectivity index (χ1n) is 7.00. The minimum Gasteiger partial charge on any atom is -0.481 e. The average molecular weight is 246 g/mol. The maximum Gasteiger partial charge on any atom is 0.309 e. The van der Waals surface area contributed by atoms with Crippen LogP contribution in [0, 0.1) is 5.41 Å². The van der Waals surface area contributed by atoms with Crippen molar-refractivity contribution in [1.82, 2.24) is 0 Å². The van der Waals surface area contributed by atoms with Gasteiger partial charge >= 0.3 is 5.97 Å². The molecule has 1 aromatic rings. The molecule has 2 rings (SSSR count). The third-order valence-electron chi connectivity index (χ3n) is 4.23. The zero-order valence-electron chi connectivity index (χ0n) is 10.9. The lowest BCUT2D eigenvalue weighted by Crippen LogP contribution is -2.27. The Morgan fingerprint density at radius 2 is 1.78 bits per heavy atom. The van der Waals surface area contributed by atoms with Gasteiger partial charge in [0.05, 0.1) is 5.41 Å². The number of carbonyl (C=O) groups is 1. The van der Waals surface area contributed by atoms with Crippen molar-refractivity contribution in [1.29, 1.82) is 0 Å². The largest absolute Gasteiger partial charge is 0.481 e. The van der Waals surface area contributed by atoms with E-state index in [1.165, 1.54) is 5.56 Å². The van der Waals surface area contributed by atoms with Crippen LogP contribution in [0.25, 0.3) is 0 Å². The summed E-state index contributed by atoms with van der Waals surface area (Å²) < 4.78 is 0. The summed E-state index contributed by atoms with van der Waals surface area (Å²) in [5, 5.41) is 9.38. The zero-order chi connectivity index (χ0) is 12.8. The van der Waals surface area contributed by atoms with Crippen molar-refractivity contribution in [2.75, 3.05) is 0 Å². The number of aryl methyl sites for hydroxylation is 1. The van der Waals surface area contributed by atoms with E-state index < -0.39 is 11.4 Å². The summed E-state index contributed by atoms with van der Waals surface area (Å²) >= 11 is 0. The summed E-state index contributed by atoms with van der Waals surface area (Å²) in [4.78, 5) is 11.4. The number of rotatable bonds is 6. The van der Waals surface area contributed by atoms with Crippen LogP contribution in [0.4, 0.5) is 0 Å². The summed E-state index contributed by atoms with van der Waals surface area (Å²) in [7, 11) is 0. The highest BCUT2D eigenvalue weighted by molar-refractivity contribution is 5.74. The van der Waals surface area contributed by atoms with Crippen LogP contribution in [0.15, 0.2) is 30.3 Å².